The van der Waals surface area contributed by atoms with Gasteiger partial charge in [0.05, 0.1) is 5.69 Å². The number of rotatable bonds is 9. The summed E-state index contributed by atoms with van der Waals surface area (Å²) in [5.41, 5.74) is 4.33. The van der Waals surface area contributed by atoms with Crippen LogP contribution < -0.4 is 21.9 Å². The van der Waals surface area contributed by atoms with Gasteiger partial charge in [-0.15, -0.1) is 0 Å². The van der Waals surface area contributed by atoms with E-state index in [1.165, 1.54) is 6.34 Å². The number of aliphatic imine (C=N–C) groups is 1. The smallest absolute Gasteiger partial charge is 0.326 e. The van der Waals surface area contributed by atoms with Gasteiger partial charge in [-0.05, 0) is 41.3 Å². The van der Waals surface area contributed by atoms with Crippen molar-refractivity contribution < 1.29 is 19.5 Å². The van der Waals surface area contributed by atoms with Crippen LogP contribution in [0.15, 0.2) is 53.5 Å². The van der Waals surface area contributed by atoms with Crippen LogP contribution in [0.4, 0.5) is 11.4 Å². The van der Waals surface area contributed by atoms with E-state index in [0.717, 1.165) is 5.56 Å². The molecule has 1 atom stereocenters. The molecule has 2 amide bonds. The highest BCUT2D eigenvalue weighted by atomic mass is 16.4. The molecule has 0 bridgehead atoms. The summed E-state index contributed by atoms with van der Waals surface area (Å²) in [4.78, 5) is 40.2. The van der Waals surface area contributed by atoms with E-state index in [1.54, 1.807) is 48.5 Å². The Hall–Kier alpha value is -3.72. The van der Waals surface area contributed by atoms with E-state index < -0.39 is 12.0 Å². The third-order valence-corrected chi connectivity index (χ3v) is 4.37. The molecule has 0 heterocycles. The minimum Gasteiger partial charge on any atom is -0.480 e. The van der Waals surface area contributed by atoms with Crippen molar-refractivity contribution in [3.05, 3.63) is 59.7 Å². The Kier molecular flexibility index (Phi) is 8.48. The van der Waals surface area contributed by atoms with Gasteiger partial charge in [-0.2, -0.15) is 0 Å². The van der Waals surface area contributed by atoms with Gasteiger partial charge >= 0.3 is 5.97 Å². The number of nitrogens with zero attached hydrogens (tertiary/aromatic N) is 1. The molecule has 6 N–H and O–H groups in total. The number of carboxylic acids is 1. The maximum Gasteiger partial charge on any atom is 0.326 e. The summed E-state index contributed by atoms with van der Waals surface area (Å²) in [5.74, 6) is 3.44. The molecule has 0 aromatic heterocycles. The Bertz CT molecular complexity index is 981. The fraction of sp³-hybridized carbons (Fsp3) is 0.304. The summed E-state index contributed by atoms with van der Waals surface area (Å²) in [5, 5.41) is 14.8. The highest BCUT2D eigenvalue weighted by Gasteiger charge is 2.23. The first kappa shape index (κ1) is 24.5. The Morgan fingerprint density at radius 1 is 1.12 bits per heavy atom. The average molecular weight is 440 g/mol. The summed E-state index contributed by atoms with van der Waals surface area (Å²) < 4.78 is 0. The fourth-order valence-corrected chi connectivity index (χ4v) is 2.93. The number of anilines is 1. The van der Waals surface area contributed by atoms with Gasteiger partial charge in [-0.3, -0.25) is 9.59 Å². The van der Waals surface area contributed by atoms with Gasteiger partial charge in [0, 0.05) is 24.1 Å². The van der Waals surface area contributed by atoms with Gasteiger partial charge in [0.1, 0.15) is 12.4 Å². The van der Waals surface area contributed by atoms with Crippen molar-refractivity contribution in [3.63, 3.8) is 0 Å². The van der Waals surface area contributed by atoms with Crippen LogP contribution in [-0.2, 0) is 16.0 Å². The van der Waals surface area contributed by atoms with Crippen LogP contribution in [0, 0.1) is 5.41 Å². The topological polar surface area (TPSA) is 146 Å². The van der Waals surface area contributed by atoms with Crippen molar-refractivity contribution in [2.45, 2.75) is 39.7 Å². The van der Waals surface area contributed by atoms with Gasteiger partial charge < -0.3 is 21.2 Å². The Morgan fingerprint density at radius 2 is 1.81 bits per heavy atom. The third kappa shape index (κ3) is 8.19. The highest BCUT2D eigenvalue weighted by Crippen LogP contribution is 2.19. The molecule has 170 valence electrons. The summed E-state index contributed by atoms with van der Waals surface area (Å²) in [6, 6.07) is 12.5. The number of aliphatic carboxylic acids is 1. The second-order valence-electron chi connectivity index (χ2n) is 8.53. The molecule has 0 saturated heterocycles. The standard InChI is InChI=1S/C23H29N5O4/c1-23(2,3)13-20(29)28-19(22(31)32)11-15-7-9-17(10-8-15)27-21(30)16-5-4-6-18(12-16)25-14-26-24/h4-10,12,14,19H,11,13,24H2,1-3H3,(H,25,26)(H,27,30)(H,28,29)(H,31,32). The van der Waals surface area contributed by atoms with Crippen LogP contribution in [0.1, 0.15) is 43.1 Å². The molecular formula is C23H29N5O4. The van der Waals surface area contributed by atoms with Crippen LogP contribution in [0.3, 0.4) is 0 Å². The predicted octanol–water partition coefficient (Wildman–Crippen LogP) is 2.61. The van der Waals surface area contributed by atoms with Crippen molar-refractivity contribution >= 4 is 35.5 Å². The lowest BCUT2D eigenvalue weighted by atomic mass is 9.91. The molecule has 2 aromatic rings. The molecule has 0 spiro atoms. The number of nitrogens with two attached hydrogens (primary N) is 1. The molecule has 2 aromatic carbocycles. The number of hydrogen-bond acceptors (Lipinski definition) is 5. The van der Waals surface area contributed by atoms with Crippen molar-refractivity contribution in [2.75, 3.05) is 5.32 Å². The van der Waals surface area contributed by atoms with Crippen molar-refractivity contribution in [1.82, 2.24) is 10.7 Å². The first-order valence-electron chi connectivity index (χ1n) is 10.1. The maximum atomic E-state index is 12.5. The van der Waals surface area contributed by atoms with Crippen LogP contribution in [0.5, 0.6) is 0 Å². The average Bonchev–Trinajstić information content (AvgIpc) is 2.72. The van der Waals surface area contributed by atoms with Crippen LogP contribution in [0.2, 0.25) is 0 Å². The molecule has 0 saturated carbocycles. The van der Waals surface area contributed by atoms with Crippen LogP contribution in [-0.4, -0.2) is 35.3 Å². The van der Waals surface area contributed by atoms with E-state index in [0.29, 0.717) is 16.9 Å². The lowest BCUT2D eigenvalue weighted by Gasteiger charge is -2.20. The fourth-order valence-electron chi connectivity index (χ4n) is 2.93. The number of carbonyl (C=O) groups is 3. The van der Waals surface area contributed by atoms with E-state index >= 15 is 0 Å². The number of carbonyl (C=O) groups excluding carboxylic acids is 2. The van der Waals surface area contributed by atoms with Crippen molar-refractivity contribution in [1.29, 1.82) is 0 Å². The largest absolute Gasteiger partial charge is 0.480 e. The Morgan fingerprint density at radius 3 is 2.41 bits per heavy atom. The van der Waals surface area contributed by atoms with Gasteiger partial charge in [0.25, 0.3) is 5.91 Å². The number of hydrazine groups is 1. The van der Waals surface area contributed by atoms with Gasteiger partial charge in [-0.1, -0.05) is 39.0 Å². The molecule has 0 fully saturated rings. The van der Waals surface area contributed by atoms with Crippen molar-refractivity contribution in [3.8, 4) is 0 Å². The van der Waals surface area contributed by atoms with E-state index in [-0.39, 0.29) is 30.1 Å². The minimum atomic E-state index is -1.10. The number of carboxylic acid groups (broad SMARTS) is 1. The second-order valence-corrected chi connectivity index (χ2v) is 8.53. The Labute approximate surface area is 187 Å². The lowest BCUT2D eigenvalue weighted by Crippen LogP contribution is -2.43. The quantitative estimate of drug-likeness (QED) is 0.176. The molecule has 1 unspecified atom stereocenters. The zero-order valence-corrected chi connectivity index (χ0v) is 18.4. The molecule has 2 rings (SSSR count). The predicted molar refractivity (Wildman–Crippen MR) is 124 cm³/mol. The zero-order chi connectivity index (χ0) is 23.7. The summed E-state index contributed by atoms with van der Waals surface area (Å²) in [6.45, 7) is 5.74. The lowest BCUT2D eigenvalue weighted by molar-refractivity contribution is -0.142. The normalized spacial score (nSPS) is 12.2. The Balaban J connectivity index is 2.01. The van der Waals surface area contributed by atoms with Gasteiger partial charge in [0.2, 0.25) is 5.91 Å². The number of nitrogens with one attached hydrogen (secondary N) is 3. The molecule has 9 heteroatoms. The zero-order valence-electron chi connectivity index (χ0n) is 18.4. The van der Waals surface area contributed by atoms with Crippen LogP contribution >= 0.6 is 0 Å². The summed E-state index contributed by atoms with van der Waals surface area (Å²) >= 11 is 0. The maximum absolute atomic E-state index is 12.5. The van der Waals surface area contributed by atoms with E-state index in [2.05, 4.69) is 21.1 Å². The molecule has 0 aliphatic carbocycles. The van der Waals surface area contributed by atoms with E-state index in [1.807, 2.05) is 20.8 Å². The van der Waals surface area contributed by atoms with Gasteiger partial charge in [0.15, 0.2) is 0 Å². The molecule has 0 aliphatic heterocycles. The monoisotopic (exact) mass is 439 g/mol. The molecule has 0 radical (unpaired) electrons. The first-order chi connectivity index (χ1) is 15.1. The van der Waals surface area contributed by atoms with E-state index in [4.69, 9.17) is 5.84 Å². The van der Waals surface area contributed by atoms with Crippen molar-refractivity contribution in [2.24, 2.45) is 16.3 Å². The first-order valence-corrected chi connectivity index (χ1v) is 10.1. The minimum absolute atomic E-state index is 0.134. The summed E-state index contributed by atoms with van der Waals surface area (Å²) in [7, 11) is 0. The number of benzene rings is 2. The molecule has 32 heavy (non-hydrogen) atoms. The molecule has 9 nitrogen and oxygen atoms in total. The van der Waals surface area contributed by atoms with Gasteiger partial charge in [-0.25, -0.2) is 15.6 Å². The number of hydrogen-bond donors (Lipinski definition) is 5. The van der Waals surface area contributed by atoms with Crippen LogP contribution in [0.25, 0.3) is 0 Å². The third-order valence-electron chi connectivity index (χ3n) is 4.37. The molecule has 0 aliphatic rings. The summed E-state index contributed by atoms with van der Waals surface area (Å²) in [6.07, 6.45) is 1.68. The second kappa shape index (κ2) is 11.1. The molecular weight excluding hydrogens is 410 g/mol. The SMILES string of the molecule is CC(C)(C)CC(=O)NC(Cc1ccc(NC(=O)c2cccc(N=CNN)c2)cc1)C(=O)O. The number of amides is 2. The van der Waals surface area contributed by atoms with E-state index in [9.17, 15) is 19.5 Å². The highest BCUT2D eigenvalue weighted by molar-refractivity contribution is 6.04.